The summed E-state index contributed by atoms with van der Waals surface area (Å²) in [5.41, 5.74) is 11.7. The van der Waals surface area contributed by atoms with Gasteiger partial charge in [0.25, 0.3) is 0 Å². The first-order valence-electron chi connectivity index (χ1n) is 10.5. The minimum absolute atomic E-state index is 0.00358. The number of amides is 3. The normalized spacial score (nSPS) is 14.6. The van der Waals surface area contributed by atoms with E-state index in [2.05, 4.69) is 28.6 Å². The van der Waals surface area contributed by atoms with Crippen LogP contribution >= 0.6 is 12.6 Å². The van der Waals surface area contributed by atoms with Gasteiger partial charge in [-0.3, -0.25) is 14.4 Å². The Kier molecular flexibility index (Phi) is 11.7. The van der Waals surface area contributed by atoms with Gasteiger partial charge in [-0.15, -0.1) is 0 Å². The lowest BCUT2D eigenvalue weighted by molar-refractivity contribution is -0.141. The number of nitrogens with one attached hydrogen (secondary N) is 3. The zero-order chi connectivity index (χ0) is 25.1. The summed E-state index contributed by atoms with van der Waals surface area (Å²) in [5, 5.41) is 26.2. The van der Waals surface area contributed by atoms with Crippen molar-refractivity contribution in [1.29, 1.82) is 0 Å². The lowest BCUT2D eigenvalue weighted by Gasteiger charge is -2.26. The topological polar surface area (TPSA) is 197 Å². The number of benzene rings is 1. The summed E-state index contributed by atoms with van der Waals surface area (Å²) in [4.78, 5) is 49.3. The molecule has 1 aromatic carbocycles. The van der Waals surface area contributed by atoms with Crippen LogP contribution in [0.4, 0.5) is 0 Å². The second kappa shape index (κ2) is 13.7. The molecule has 0 saturated heterocycles. The monoisotopic (exact) mass is 483 g/mol. The number of carboxylic acid groups (broad SMARTS) is 1. The molecular formula is C21H33N5O6S. The summed E-state index contributed by atoms with van der Waals surface area (Å²) >= 11 is 3.93. The van der Waals surface area contributed by atoms with Crippen molar-refractivity contribution in [3.63, 3.8) is 0 Å². The van der Waals surface area contributed by atoms with Gasteiger partial charge in [0.05, 0.1) is 6.04 Å². The average Bonchev–Trinajstić information content (AvgIpc) is 2.76. The summed E-state index contributed by atoms with van der Waals surface area (Å²) in [6.07, 6.45) is 0.290. The maximum absolute atomic E-state index is 13.1. The van der Waals surface area contributed by atoms with E-state index in [1.165, 1.54) is 12.1 Å². The second-order valence-corrected chi connectivity index (χ2v) is 8.41. The molecule has 0 aliphatic heterocycles. The number of phenols is 1. The van der Waals surface area contributed by atoms with E-state index in [9.17, 15) is 29.4 Å². The highest BCUT2D eigenvalue weighted by Crippen LogP contribution is 2.12. The first-order valence-corrected chi connectivity index (χ1v) is 11.1. The molecule has 0 spiro atoms. The number of carbonyl (C=O) groups excluding carboxylic acids is 3. The Morgan fingerprint density at radius 2 is 1.45 bits per heavy atom. The number of thiol groups is 1. The van der Waals surface area contributed by atoms with Crippen LogP contribution < -0.4 is 27.4 Å². The number of rotatable bonds is 13. The maximum Gasteiger partial charge on any atom is 0.327 e. The minimum atomic E-state index is -1.25. The molecule has 0 fully saturated rings. The minimum Gasteiger partial charge on any atom is -0.508 e. The third kappa shape index (κ3) is 9.68. The van der Waals surface area contributed by atoms with Gasteiger partial charge in [0.1, 0.15) is 23.9 Å². The molecule has 184 valence electrons. The van der Waals surface area contributed by atoms with Gasteiger partial charge in [0, 0.05) is 18.7 Å². The van der Waals surface area contributed by atoms with E-state index in [1.807, 2.05) is 13.8 Å². The molecule has 1 rings (SSSR count). The van der Waals surface area contributed by atoms with Crippen LogP contribution in [0.3, 0.4) is 0 Å². The molecular weight excluding hydrogens is 450 g/mol. The van der Waals surface area contributed by atoms with Crippen LogP contribution in [0.5, 0.6) is 5.75 Å². The Hall–Kier alpha value is -2.83. The van der Waals surface area contributed by atoms with Crippen LogP contribution in [0.2, 0.25) is 0 Å². The van der Waals surface area contributed by atoms with Gasteiger partial charge in [-0.25, -0.2) is 4.79 Å². The van der Waals surface area contributed by atoms with Crippen LogP contribution in [-0.4, -0.2) is 70.4 Å². The zero-order valence-corrected chi connectivity index (χ0v) is 19.5. The zero-order valence-electron chi connectivity index (χ0n) is 18.7. The highest BCUT2D eigenvalue weighted by molar-refractivity contribution is 7.80. The van der Waals surface area contributed by atoms with E-state index in [0.29, 0.717) is 5.56 Å². The largest absolute Gasteiger partial charge is 0.508 e. The second-order valence-electron chi connectivity index (χ2n) is 8.05. The predicted molar refractivity (Wildman–Crippen MR) is 126 cm³/mol. The number of carbonyl (C=O) groups is 4. The van der Waals surface area contributed by atoms with Crippen molar-refractivity contribution in [2.24, 2.45) is 17.4 Å². The maximum atomic E-state index is 13.1. The molecule has 1 aromatic rings. The van der Waals surface area contributed by atoms with Crippen molar-refractivity contribution >= 4 is 36.3 Å². The summed E-state index contributed by atoms with van der Waals surface area (Å²) in [6, 6.07) is 1.68. The summed E-state index contributed by atoms with van der Waals surface area (Å²) in [5.74, 6) is -3.30. The molecule has 12 heteroatoms. The molecule has 0 aromatic heterocycles. The van der Waals surface area contributed by atoms with Crippen LogP contribution in [-0.2, 0) is 25.6 Å². The van der Waals surface area contributed by atoms with Gasteiger partial charge in [-0.2, -0.15) is 12.6 Å². The van der Waals surface area contributed by atoms with E-state index in [4.69, 9.17) is 11.5 Å². The molecule has 0 radical (unpaired) electrons. The van der Waals surface area contributed by atoms with Crippen molar-refractivity contribution in [1.82, 2.24) is 16.0 Å². The molecule has 0 heterocycles. The van der Waals surface area contributed by atoms with Gasteiger partial charge < -0.3 is 37.6 Å². The van der Waals surface area contributed by atoms with Crippen molar-refractivity contribution in [2.75, 3.05) is 12.3 Å². The number of aliphatic carboxylic acids is 1. The van der Waals surface area contributed by atoms with Gasteiger partial charge in [0.15, 0.2) is 0 Å². The van der Waals surface area contributed by atoms with Gasteiger partial charge in [-0.05, 0) is 30.0 Å². The number of hydrogen-bond acceptors (Lipinski definition) is 8. The van der Waals surface area contributed by atoms with E-state index in [1.54, 1.807) is 12.1 Å². The van der Waals surface area contributed by atoms with Crippen molar-refractivity contribution in [3.05, 3.63) is 29.8 Å². The molecule has 33 heavy (non-hydrogen) atoms. The summed E-state index contributed by atoms with van der Waals surface area (Å²) in [7, 11) is 0. The molecule has 0 unspecified atom stereocenters. The number of aromatic hydroxyl groups is 1. The van der Waals surface area contributed by atoms with Crippen LogP contribution in [0.15, 0.2) is 24.3 Å². The Balaban J connectivity index is 3.08. The summed E-state index contributed by atoms with van der Waals surface area (Å²) in [6.45, 7) is 3.56. The summed E-state index contributed by atoms with van der Waals surface area (Å²) < 4.78 is 0. The molecule has 0 aliphatic carbocycles. The first kappa shape index (κ1) is 28.2. The van der Waals surface area contributed by atoms with Crippen molar-refractivity contribution in [3.8, 4) is 5.75 Å². The average molecular weight is 484 g/mol. The molecule has 0 saturated carbocycles. The molecule has 0 bridgehead atoms. The smallest absolute Gasteiger partial charge is 0.327 e. The van der Waals surface area contributed by atoms with Crippen LogP contribution in [0.25, 0.3) is 0 Å². The standard InChI is InChI=1S/C21H33N5O6S/c1-11(2)7-15(19(29)26-17(10-33)21(31)32)25-20(30)16(24-18(28)14(23)9-22)8-12-3-5-13(27)6-4-12/h3-6,11,14-17,27,33H,7-10,22-23H2,1-2H3,(H,24,28)(H,25,30)(H,26,29)(H,31,32)/t14-,15-,16-,17-/m0/s1. The Morgan fingerprint density at radius 1 is 0.939 bits per heavy atom. The van der Waals surface area contributed by atoms with Crippen molar-refractivity contribution < 1.29 is 29.4 Å². The Bertz CT molecular complexity index is 820. The predicted octanol–water partition coefficient (Wildman–Crippen LogP) is -1.26. The Morgan fingerprint density at radius 3 is 1.94 bits per heavy atom. The number of nitrogens with two attached hydrogens (primary N) is 2. The first-order chi connectivity index (χ1) is 15.5. The fourth-order valence-electron chi connectivity index (χ4n) is 2.90. The quantitative estimate of drug-likeness (QED) is 0.159. The number of carboxylic acids is 1. The van der Waals surface area contributed by atoms with Gasteiger partial charge >= 0.3 is 5.97 Å². The van der Waals surface area contributed by atoms with Crippen LogP contribution in [0, 0.1) is 5.92 Å². The molecule has 0 aliphatic rings. The highest BCUT2D eigenvalue weighted by Gasteiger charge is 2.30. The molecule has 11 nitrogen and oxygen atoms in total. The molecule has 4 atom stereocenters. The number of hydrogen-bond donors (Lipinski definition) is 8. The third-order valence-corrected chi connectivity index (χ3v) is 5.10. The van der Waals surface area contributed by atoms with Crippen molar-refractivity contribution in [2.45, 2.75) is 50.9 Å². The highest BCUT2D eigenvalue weighted by atomic mass is 32.1. The van der Waals surface area contributed by atoms with E-state index < -0.39 is 47.9 Å². The van der Waals surface area contributed by atoms with E-state index in [0.717, 1.165) is 0 Å². The van der Waals surface area contributed by atoms with E-state index in [-0.39, 0.29) is 36.8 Å². The number of phenolic OH excluding ortho intramolecular Hbond substituents is 1. The third-order valence-electron chi connectivity index (χ3n) is 4.74. The lowest BCUT2D eigenvalue weighted by Crippen LogP contribution is -2.58. The van der Waals surface area contributed by atoms with Crippen LogP contribution in [0.1, 0.15) is 25.8 Å². The molecule has 3 amide bonds. The van der Waals surface area contributed by atoms with E-state index >= 15 is 0 Å². The van der Waals surface area contributed by atoms with Gasteiger partial charge in [0.2, 0.25) is 17.7 Å². The lowest BCUT2D eigenvalue weighted by atomic mass is 10.0. The molecule has 9 N–H and O–H groups in total. The fraction of sp³-hybridized carbons (Fsp3) is 0.524. The van der Waals surface area contributed by atoms with Gasteiger partial charge in [-0.1, -0.05) is 26.0 Å². The Labute approximate surface area is 198 Å². The fourth-order valence-corrected chi connectivity index (χ4v) is 3.14. The SMILES string of the molecule is CC(C)C[C@H](NC(=O)[C@H](Cc1ccc(O)cc1)NC(=O)[C@@H](N)CN)C(=O)N[C@@H](CS)C(=O)O.